The molecule has 2 heterocycles. The van der Waals surface area contributed by atoms with Crippen molar-refractivity contribution in [2.75, 3.05) is 32.8 Å². The maximum Gasteiger partial charge on any atom is 0.257 e. The molecule has 6 nitrogen and oxygen atoms in total. The first kappa shape index (κ1) is 12.6. The number of anilines is 1. The molecule has 19 heavy (non-hydrogen) atoms. The Morgan fingerprint density at radius 1 is 1.37 bits per heavy atom. The summed E-state index contributed by atoms with van der Waals surface area (Å²) < 4.78 is 16.3. The van der Waals surface area contributed by atoms with Crippen LogP contribution in [0.5, 0.6) is 5.88 Å². The van der Waals surface area contributed by atoms with Crippen LogP contribution in [0.3, 0.4) is 0 Å². The number of ether oxygens (including phenoxy) is 3. The molecule has 1 N–H and O–H groups in total. The van der Waals surface area contributed by atoms with Crippen LogP contribution in [-0.4, -0.2) is 49.5 Å². The Morgan fingerprint density at radius 3 is 3.00 bits per heavy atom. The minimum Gasteiger partial charge on any atom is -0.478 e. The summed E-state index contributed by atoms with van der Waals surface area (Å²) in [6.07, 6.45) is 4.70. The van der Waals surface area contributed by atoms with Crippen molar-refractivity contribution >= 4 is 5.82 Å². The standard InChI is InChI=1S/C13H19N3O3/c1-17-7-9-10(8-3-6-19-11(8)9)16-12-13(18-2)15-5-4-14-12/h4-5,8-11H,3,6-7H2,1-2H3,(H,14,16)/t8-,9+,10-,11-/m0/s1. The van der Waals surface area contributed by atoms with Gasteiger partial charge in [0, 0.05) is 44.0 Å². The van der Waals surface area contributed by atoms with Crippen molar-refractivity contribution in [2.45, 2.75) is 18.6 Å². The summed E-state index contributed by atoms with van der Waals surface area (Å²) >= 11 is 0. The zero-order valence-electron chi connectivity index (χ0n) is 11.2. The molecule has 4 atom stereocenters. The number of aromatic nitrogens is 2. The first-order chi connectivity index (χ1) is 9.35. The topological polar surface area (TPSA) is 65.5 Å². The van der Waals surface area contributed by atoms with E-state index < -0.39 is 0 Å². The van der Waals surface area contributed by atoms with Gasteiger partial charge in [-0.2, -0.15) is 0 Å². The zero-order valence-corrected chi connectivity index (χ0v) is 11.2. The number of fused-ring (bicyclic) bond motifs is 1. The second-order valence-electron chi connectivity index (χ2n) is 4.99. The quantitative estimate of drug-likeness (QED) is 0.855. The summed E-state index contributed by atoms with van der Waals surface area (Å²) in [6, 6.07) is 0.318. The van der Waals surface area contributed by atoms with Crippen molar-refractivity contribution in [1.29, 1.82) is 0 Å². The normalized spacial score (nSPS) is 32.5. The molecule has 1 saturated carbocycles. The maximum atomic E-state index is 5.75. The average molecular weight is 265 g/mol. The molecule has 0 aromatic carbocycles. The molecule has 1 aliphatic heterocycles. The van der Waals surface area contributed by atoms with E-state index in [2.05, 4.69) is 15.3 Å². The van der Waals surface area contributed by atoms with E-state index in [1.807, 2.05) is 0 Å². The van der Waals surface area contributed by atoms with Crippen molar-refractivity contribution in [3.8, 4) is 5.88 Å². The molecule has 0 unspecified atom stereocenters. The number of nitrogens with zero attached hydrogens (tertiary/aromatic N) is 2. The third-order valence-corrected chi connectivity index (χ3v) is 4.05. The predicted octanol–water partition coefficient (Wildman–Crippen LogP) is 0.947. The lowest BCUT2D eigenvalue weighted by atomic mass is 9.67. The fraction of sp³-hybridized carbons (Fsp3) is 0.692. The highest BCUT2D eigenvalue weighted by atomic mass is 16.5. The van der Waals surface area contributed by atoms with E-state index in [0.29, 0.717) is 42.3 Å². The van der Waals surface area contributed by atoms with Crippen LogP contribution >= 0.6 is 0 Å². The minimum atomic E-state index is 0.318. The SMILES string of the molecule is COC[C@@H]1[C@@H](Nc2nccnc2OC)[C@@H]2CCO[C@H]12. The van der Waals surface area contributed by atoms with Crippen molar-refractivity contribution in [3.05, 3.63) is 12.4 Å². The highest BCUT2D eigenvalue weighted by Crippen LogP contribution is 2.45. The molecule has 6 heteroatoms. The molecule has 0 radical (unpaired) electrons. The van der Waals surface area contributed by atoms with Crippen LogP contribution < -0.4 is 10.1 Å². The van der Waals surface area contributed by atoms with Gasteiger partial charge in [-0.1, -0.05) is 0 Å². The van der Waals surface area contributed by atoms with Gasteiger partial charge in [0.25, 0.3) is 5.88 Å². The Balaban J connectivity index is 1.74. The van der Waals surface area contributed by atoms with E-state index in [-0.39, 0.29) is 0 Å². The molecule has 0 spiro atoms. The smallest absolute Gasteiger partial charge is 0.257 e. The number of rotatable bonds is 5. The molecule has 1 aromatic heterocycles. The van der Waals surface area contributed by atoms with Crippen molar-refractivity contribution in [2.24, 2.45) is 11.8 Å². The molecule has 2 aliphatic rings. The van der Waals surface area contributed by atoms with E-state index in [1.54, 1.807) is 26.6 Å². The first-order valence-corrected chi connectivity index (χ1v) is 6.57. The largest absolute Gasteiger partial charge is 0.478 e. The summed E-state index contributed by atoms with van der Waals surface area (Å²) in [7, 11) is 3.33. The second kappa shape index (κ2) is 5.30. The third-order valence-electron chi connectivity index (χ3n) is 4.05. The van der Waals surface area contributed by atoms with Gasteiger partial charge >= 0.3 is 0 Å². The summed E-state index contributed by atoms with van der Waals surface area (Å²) in [4.78, 5) is 8.46. The van der Waals surface area contributed by atoms with Crippen molar-refractivity contribution in [3.63, 3.8) is 0 Å². The molecule has 2 fully saturated rings. The molecule has 3 rings (SSSR count). The maximum absolute atomic E-state index is 5.75. The lowest BCUT2D eigenvalue weighted by Crippen LogP contribution is -2.58. The van der Waals surface area contributed by atoms with Crippen LogP contribution in [0, 0.1) is 11.8 Å². The van der Waals surface area contributed by atoms with Crippen LogP contribution in [0.2, 0.25) is 0 Å². The minimum absolute atomic E-state index is 0.318. The average Bonchev–Trinajstić information content (AvgIpc) is 2.87. The van der Waals surface area contributed by atoms with Crippen molar-refractivity contribution < 1.29 is 14.2 Å². The Bertz CT molecular complexity index is 443. The highest BCUT2D eigenvalue weighted by Gasteiger charge is 2.54. The van der Waals surface area contributed by atoms with E-state index in [4.69, 9.17) is 14.2 Å². The molecule has 1 saturated heterocycles. The second-order valence-corrected chi connectivity index (χ2v) is 4.99. The van der Waals surface area contributed by atoms with E-state index in [9.17, 15) is 0 Å². The van der Waals surface area contributed by atoms with Gasteiger partial charge in [0.05, 0.1) is 19.8 Å². The Kier molecular flexibility index (Phi) is 3.52. The summed E-state index contributed by atoms with van der Waals surface area (Å²) in [5.74, 6) is 2.12. The molecule has 1 aromatic rings. The molecule has 1 aliphatic carbocycles. The van der Waals surface area contributed by atoms with Gasteiger partial charge in [-0.25, -0.2) is 9.97 Å². The summed E-state index contributed by atoms with van der Waals surface area (Å²) in [5.41, 5.74) is 0. The van der Waals surface area contributed by atoms with E-state index in [1.165, 1.54) is 0 Å². The molecule has 0 amide bonds. The molecular weight excluding hydrogens is 246 g/mol. The van der Waals surface area contributed by atoms with Gasteiger partial charge in [-0.3, -0.25) is 0 Å². The Morgan fingerprint density at radius 2 is 2.21 bits per heavy atom. The van der Waals surface area contributed by atoms with E-state index in [0.717, 1.165) is 13.0 Å². The zero-order chi connectivity index (χ0) is 13.2. The number of hydrogen-bond donors (Lipinski definition) is 1. The highest BCUT2D eigenvalue weighted by molar-refractivity contribution is 5.46. The fourth-order valence-electron chi connectivity index (χ4n) is 3.17. The molecular formula is C13H19N3O3. The van der Waals surface area contributed by atoms with Crippen LogP contribution in [0.4, 0.5) is 5.82 Å². The lowest BCUT2D eigenvalue weighted by Gasteiger charge is -2.47. The molecule has 104 valence electrons. The Labute approximate surface area is 112 Å². The van der Waals surface area contributed by atoms with Crippen molar-refractivity contribution in [1.82, 2.24) is 9.97 Å². The molecule has 0 bridgehead atoms. The van der Waals surface area contributed by atoms with E-state index >= 15 is 0 Å². The van der Waals surface area contributed by atoms with Gasteiger partial charge in [0.15, 0.2) is 5.82 Å². The van der Waals surface area contributed by atoms with Crippen LogP contribution in [-0.2, 0) is 9.47 Å². The fourth-order valence-corrected chi connectivity index (χ4v) is 3.17. The number of hydrogen-bond acceptors (Lipinski definition) is 6. The third kappa shape index (κ3) is 2.15. The van der Waals surface area contributed by atoms with Gasteiger partial charge in [-0.05, 0) is 6.42 Å². The van der Waals surface area contributed by atoms with Gasteiger partial charge in [0.1, 0.15) is 0 Å². The van der Waals surface area contributed by atoms with Gasteiger partial charge < -0.3 is 19.5 Å². The number of methoxy groups -OCH3 is 2. The lowest BCUT2D eigenvalue weighted by molar-refractivity contribution is -0.0668. The van der Waals surface area contributed by atoms with Crippen LogP contribution in [0.25, 0.3) is 0 Å². The van der Waals surface area contributed by atoms with Crippen LogP contribution in [0.1, 0.15) is 6.42 Å². The summed E-state index contributed by atoms with van der Waals surface area (Å²) in [6.45, 7) is 1.53. The predicted molar refractivity (Wildman–Crippen MR) is 69.2 cm³/mol. The van der Waals surface area contributed by atoms with Gasteiger partial charge in [0.2, 0.25) is 0 Å². The van der Waals surface area contributed by atoms with Gasteiger partial charge in [-0.15, -0.1) is 0 Å². The monoisotopic (exact) mass is 265 g/mol. The first-order valence-electron chi connectivity index (χ1n) is 6.57. The summed E-state index contributed by atoms with van der Waals surface area (Å²) in [5, 5.41) is 3.45. The number of nitrogens with one attached hydrogen (secondary N) is 1. The van der Waals surface area contributed by atoms with Crippen LogP contribution in [0.15, 0.2) is 12.4 Å². The Hall–Kier alpha value is -1.40.